The lowest BCUT2D eigenvalue weighted by Gasteiger charge is -2.28. The van der Waals surface area contributed by atoms with E-state index in [1.54, 1.807) is 6.20 Å². The Kier molecular flexibility index (Phi) is 4.04. The Morgan fingerprint density at radius 3 is 2.95 bits per heavy atom. The maximum atomic E-state index is 7.74. The highest BCUT2D eigenvalue weighted by atomic mass is 15.2. The molecule has 0 radical (unpaired) electrons. The maximum Gasteiger partial charge on any atom is 0.139 e. The molecule has 1 atom stereocenters. The summed E-state index contributed by atoms with van der Waals surface area (Å²) < 4.78 is 0. The van der Waals surface area contributed by atoms with Crippen LogP contribution in [0.15, 0.2) is 12.3 Å². The van der Waals surface area contributed by atoms with Crippen molar-refractivity contribution >= 4 is 11.7 Å². The largest absolute Gasteiger partial charge is 0.384 e. The number of hydrogen-bond acceptors (Lipinski definition) is 4. The number of anilines is 1. The van der Waals surface area contributed by atoms with Crippen molar-refractivity contribution in [2.24, 2.45) is 5.73 Å². The summed E-state index contributed by atoms with van der Waals surface area (Å²) >= 11 is 0. The zero-order chi connectivity index (χ0) is 14.0. The number of amidine groups is 1. The molecule has 1 aliphatic rings. The van der Waals surface area contributed by atoms with Crippen LogP contribution in [0.3, 0.4) is 0 Å². The van der Waals surface area contributed by atoms with Gasteiger partial charge in [0.1, 0.15) is 11.7 Å². The van der Waals surface area contributed by atoms with E-state index < -0.39 is 0 Å². The summed E-state index contributed by atoms with van der Waals surface area (Å²) in [5.41, 5.74) is 7.45. The number of nitrogens with zero attached hydrogens (tertiary/aromatic N) is 3. The van der Waals surface area contributed by atoms with E-state index in [1.807, 2.05) is 20.0 Å². The van der Waals surface area contributed by atoms with E-state index in [1.165, 1.54) is 19.4 Å². The third-order valence-electron chi connectivity index (χ3n) is 3.93. The lowest BCUT2D eigenvalue weighted by atomic mass is 10.1. The summed E-state index contributed by atoms with van der Waals surface area (Å²) in [6.45, 7) is 4.06. The van der Waals surface area contributed by atoms with Crippen molar-refractivity contribution < 1.29 is 0 Å². The summed E-state index contributed by atoms with van der Waals surface area (Å²) in [7, 11) is 4.20. The lowest BCUT2D eigenvalue weighted by Crippen LogP contribution is -2.38. The highest BCUT2D eigenvalue weighted by Crippen LogP contribution is 2.22. The third kappa shape index (κ3) is 2.87. The molecular weight excluding hydrogens is 238 g/mol. The number of nitrogens with one attached hydrogen (secondary N) is 1. The third-order valence-corrected chi connectivity index (χ3v) is 3.93. The van der Waals surface area contributed by atoms with Crippen LogP contribution >= 0.6 is 0 Å². The molecule has 3 N–H and O–H groups in total. The molecule has 19 heavy (non-hydrogen) atoms. The van der Waals surface area contributed by atoms with Gasteiger partial charge in [-0.05, 0) is 45.0 Å². The summed E-state index contributed by atoms with van der Waals surface area (Å²) in [5, 5.41) is 7.74. The summed E-state index contributed by atoms with van der Waals surface area (Å²) in [5.74, 6) is 0.903. The van der Waals surface area contributed by atoms with Crippen LogP contribution in [0, 0.1) is 12.3 Å². The molecule has 1 aliphatic heterocycles. The van der Waals surface area contributed by atoms with Crippen LogP contribution in [0.1, 0.15) is 24.0 Å². The number of likely N-dealkylation sites (tertiary alicyclic amines) is 1. The van der Waals surface area contributed by atoms with E-state index in [4.69, 9.17) is 11.1 Å². The van der Waals surface area contributed by atoms with E-state index in [2.05, 4.69) is 21.8 Å². The highest BCUT2D eigenvalue weighted by Gasteiger charge is 2.24. The first-order valence-corrected chi connectivity index (χ1v) is 6.72. The number of aryl methyl sites for hydroxylation is 1. The molecule has 5 nitrogen and oxygen atoms in total. The van der Waals surface area contributed by atoms with Crippen LogP contribution in [-0.4, -0.2) is 48.9 Å². The van der Waals surface area contributed by atoms with Crippen molar-refractivity contribution in [1.82, 2.24) is 9.88 Å². The average molecular weight is 261 g/mol. The first-order chi connectivity index (χ1) is 9.00. The molecule has 1 unspecified atom stereocenters. The maximum absolute atomic E-state index is 7.74. The molecule has 0 amide bonds. The Morgan fingerprint density at radius 1 is 1.63 bits per heavy atom. The Balaban J connectivity index is 2.21. The van der Waals surface area contributed by atoms with Gasteiger partial charge in [-0.15, -0.1) is 0 Å². The van der Waals surface area contributed by atoms with E-state index in [-0.39, 0.29) is 5.84 Å². The van der Waals surface area contributed by atoms with Gasteiger partial charge in [0.05, 0.1) is 5.56 Å². The SMILES string of the molecule is Cc1ccnc(N(C)CC2CCCN2C)c1C(=N)N. The molecule has 1 aromatic heterocycles. The van der Waals surface area contributed by atoms with Gasteiger partial charge in [-0.25, -0.2) is 4.98 Å². The predicted octanol–water partition coefficient (Wildman–Crippen LogP) is 1.20. The minimum absolute atomic E-state index is 0.0900. The van der Waals surface area contributed by atoms with Crippen molar-refractivity contribution in [3.63, 3.8) is 0 Å². The summed E-state index contributed by atoms with van der Waals surface area (Å²) in [4.78, 5) is 8.92. The number of nitrogens with two attached hydrogens (primary N) is 1. The van der Waals surface area contributed by atoms with Crippen LogP contribution in [0.2, 0.25) is 0 Å². The average Bonchev–Trinajstić information content (AvgIpc) is 2.74. The fourth-order valence-electron chi connectivity index (χ4n) is 2.78. The zero-order valence-electron chi connectivity index (χ0n) is 12.0. The second-order valence-electron chi connectivity index (χ2n) is 5.40. The van der Waals surface area contributed by atoms with Crippen LogP contribution < -0.4 is 10.6 Å². The van der Waals surface area contributed by atoms with Crippen molar-refractivity contribution in [3.8, 4) is 0 Å². The second kappa shape index (κ2) is 5.57. The topological polar surface area (TPSA) is 69.2 Å². The van der Waals surface area contributed by atoms with Crippen LogP contribution in [0.5, 0.6) is 0 Å². The summed E-state index contributed by atoms with van der Waals surface area (Å²) in [6, 6.07) is 2.46. The minimum atomic E-state index is 0.0900. The van der Waals surface area contributed by atoms with Crippen molar-refractivity contribution in [2.45, 2.75) is 25.8 Å². The number of hydrogen-bond donors (Lipinski definition) is 2. The van der Waals surface area contributed by atoms with Crippen molar-refractivity contribution in [1.29, 1.82) is 5.41 Å². The smallest absolute Gasteiger partial charge is 0.139 e. The number of nitrogen functional groups attached to an aromatic ring is 1. The normalized spacial score (nSPS) is 19.6. The number of likely N-dealkylation sites (N-methyl/N-ethyl adjacent to an activating group) is 2. The molecule has 1 saturated heterocycles. The van der Waals surface area contributed by atoms with Crippen LogP contribution in [0.4, 0.5) is 5.82 Å². The fourth-order valence-corrected chi connectivity index (χ4v) is 2.78. The standard InChI is InChI=1S/C14H23N5/c1-10-6-7-17-14(12(10)13(15)16)19(3)9-11-5-4-8-18(11)2/h6-7,11H,4-5,8-9H2,1-3H3,(H3,15,16). The molecular formula is C14H23N5. The van der Waals surface area contributed by atoms with E-state index in [0.717, 1.165) is 23.5 Å². The molecule has 1 aromatic rings. The van der Waals surface area contributed by atoms with Gasteiger partial charge in [0.15, 0.2) is 0 Å². The number of rotatable bonds is 4. The molecule has 2 heterocycles. The molecule has 0 saturated carbocycles. The van der Waals surface area contributed by atoms with Gasteiger partial charge in [0, 0.05) is 25.8 Å². The molecule has 0 spiro atoms. The Bertz CT molecular complexity index is 471. The number of aromatic nitrogens is 1. The Morgan fingerprint density at radius 2 is 2.37 bits per heavy atom. The van der Waals surface area contributed by atoms with Crippen molar-refractivity contribution in [2.75, 3.05) is 32.1 Å². The monoisotopic (exact) mass is 261 g/mol. The van der Waals surface area contributed by atoms with Gasteiger partial charge in [0.25, 0.3) is 0 Å². The minimum Gasteiger partial charge on any atom is -0.384 e. The zero-order valence-corrected chi connectivity index (χ0v) is 12.0. The van der Waals surface area contributed by atoms with Gasteiger partial charge in [-0.3, -0.25) is 5.41 Å². The van der Waals surface area contributed by atoms with E-state index >= 15 is 0 Å². The molecule has 104 valence electrons. The van der Waals surface area contributed by atoms with Gasteiger partial charge in [-0.1, -0.05) is 0 Å². The predicted molar refractivity (Wildman–Crippen MR) is 78.9 cm³/mol. The van der Waals surface area contributed by atoms with Crippen LogP contribution in [-0.2, 0) is 0 Å². The molecule has 0 bridgehead atoms. The Labute approximate surface area is 114 Å². The summed E-state index contributed by atoms with van der Waals surface area (Å²) in [6.07, 6.45) is 4.27. The molecule has 5 heteroatoms. The van der Waals surface area contributed by atoms with Crippen LogP contribution in [0.25, 0.3) is 0 Å². The number of pyridine rings is 1. The van der Waals surface area contributed by atoms with Gasteiger partial charge in [-0.2, -0.15) is 0 Å². The molecule has 0 aromatic carbocycles. The van der Waals surface area contributed by atoms with E-state index in [9.17, 15) is 0 Å². The highest BCUT2D eigenvalue weighted by molar-refractivity contribution is 6.00. The van der Waals surface area contributed by atoms with Gasteiger partial charge < -0.3 is 15.5 Å². The fraction of sp³-hybridized carbons (Fsp3) is 0.571. The van der Waals surface area contributed by atoms with Gasteiger partial charge in [0.2, 0.25) is 0 Å². The first kappa shape index (κ1) is 13.8. The molecule has 1 fully saturated rings. The van der Waals surface area contributed by atoms with Crippen molar-refractivity contribution in [3.05, 3.63) is 23.4 Å². The first-order valence-electron chi connectivity index (χ1n) is 6.72. The van der Waals surface area contributed by atoms with E-state index in [0.29, 0.717) is 6.04 Å². The lowest BCUT2D eigenvalue weighted by molar-refractivity contribution is 0.314. The molecule has 2 rings (SSSR count). The molecule has 0 aliphatic carbocycles. The quantitative estimate of drug-likeness (QED) is 0.631. The second-order valence-corrected chi connectivity index (χ2v) is 5.40. The van der Waals surface area contributed by atoms with Gasteiger partial charge >= 0.3 is 0 Å². The Hall–Kier alpha value is -1.62.